The predicted molar refractivity (Wildman–Crippen MR) is 85.4 cm³/mol. The minimum absolute atomic E-state index is 0.589. The van der Waals surface area contributed by atoms with Gasteiger partial charge in [-0.2, -0.15) is 0 Å². The van der Waals surface area contributed by atoms with Crippen molar-refractivity contribution in [3.63, 3.8) is 0 Å². The van der Waals surface area contributed by atoms with Gasteiger partial charge in [-0.3, -0.25) is 0 Å². The number of nitrogens with zero attached hydrogens (tertiary/aromatic N) is 1. The molecule has 0 spiro atoms. The second kappa shape index (κ2) is 6.83. The Hall–Kier alpha value is -2.43. The third-order valence-electron chi connectivity index (χ3n) is 2.97. The Bertz CT molecular complexity index is 614. The van der Waals surface area contributed by atoms with E-state index in [9.17, 15) is 0 Å². The highest BCUT2D eigenvalue weighted by Gasteiger charge is 2.08. The lowest BCUT2D eigenvalue weighted by atomic mass is 10.2. The molecule has 0 aliphatic carbocycles. The first-order valence-electron chi connectivity index (χ1n) is 7.02. The van der Waals surface area contributed by atoms with Crippen molar-refractivity contribution in [3.8, 4) is 11.5 Å². The average Bonchev–Trinajstić information content (AvgIpc) is 2.46. The zero-order valence-corrected chi connectivity index (χ0v) is 12.6. The Morgan fingerprint density at radius 1 is 1.14 bits per heavy atom. The van der Waals surface area contributed by atoms with Crippen LogP contribution in [0.4, 0.5) is 17.2 Å². The number of benzene rings is 1. The van der Waals surface area contributed by atoms with E-state index in [1.54, 1.807) is 12.3 Å². The first-order chi connectivity index (χ1) is 10.1. The Labute approximate surface area is 125 Å². The predicted octanol–water partition coefficient (Wildman–Crippen LogP) is 3.51. The van der Waals surface area contributed by atoms with Gasteiger partial charge in [0.1, 0.15) is 17.3 Å². The van der Waals surface area contributed by atoms with Gasteiger partial charge in [-0.1, -0.05) is 0 Å². The number of pyridine rings is 1. The SMILES string of the molecule is CCOc1ccc(OCC)c(Nc2cc(N)c(C)cn2)c1. The third-order valence-corrected chi connectivity index (χ3v) is 2.97. The number of anilines is 3. The van der Waals surface area contributed by atoms with Gasteiger partial charge in [0.15, 0.2) is 0 Å². The second-order valence-electron chi connectivity index (χ2n) is 4.58. The topological polar surface area (TPSA) is 69.4 Å². The number of hydrogen-bond acceptors (Lipinski definition) is 5. The summed E-state index contributed by atoms with van der Waals surface area (Å²) in [6.07, 6.45) is 1.74. The van der Waals surface area contributed by atoms with Gasteiger partial charge in [-0.05, 0) is 38.5 Å². The fourth-order valence-electron chi connectivity index (χ4n) is 1.89. The minimum atomic E-state index is 0.589. The van der Waals surface area contributed by atoms with Crippen LogP contribution in [0.1, 0.15) is 19.4 Å². The molecule has 0 amide bonds. The molecule has 1 heterocycles. The fourth-order valence-corrected chi connectivity index (χ4v) is 1.89. The van der Waals surface area contributed by atoms with E-state index in [1.807, 2.05) is 39.0 Å². The van der Waals surface area contributed by atoms with Gasteiger partial charge in [0.25, 0.3) is 0 Å². The number of aromatic nitrogens is 1. The number of nitrogens with one attached hydrogen (secondary N) is 1. The molecule has 0 aliphatic heterocycles. The molecule has 2 rings (SSSR count). The van der Waals surface area contributed by atoms with Gasteiger partial charge in [0.05, 0.1) is 18.9 Å². The van der Waals surface area contributed by atoms with Gasteiger partial charge < -0.3 is 20.5 Å². The van der Waals surface area contributed by atoms with Crippen molar-refractivity contribution in [1.82, 2.24) is 4.98 Å². The first kappa shape index (κ1) is 15.0. The van der Waals surface area contributed by atoms with Crippen LogP contribution in [-0.2, 0) is 0 Å². The monoisotopic (exact) mass is 287 g/mol. The van der Waals surface area contributed by atoms with E-state index in [0.717, 1.165) is 22.7 Å². The fraction of sp³-hybridized carbons (Fsp3) is 0.312. The molecule has 0 bridgehead atoms. The molecule has 1 aromatic heterocycles. The van der Waals surface area contributed by atoms with Crippen LogP contribution in [0.15, 0.2) is 30.5 Å². The van der Waals surface area contributed by atoms with Crippen molar-refractivity contribution in [2.75, 3.05) is 24.3 Å². The maximum atomic E-state index is 5.91. The third kappa shape index (κ3) is 3.78. The molecule has 0 saturated carbocycles. The van der Waals surface area contributed by atoms with Crippen molar-refractivity contribution in [2.45, 2.75) is 20.8 Å². The lowest BCUT2D eigenvalue weighted by Crippen LogP contribution is -2.01. The van der Waals surface area contributed by atoms with Crippen LogP contribution in [0.2, 0.25) is 0 Å². The van der Waals surface area contributed by atoms with Crippen LogP contribution in [-0.4, -0.2) is 18.2 Å². The molecule has 0 radical (unpaired) electrons. The summed E-state index contributed by atoms with van der Waals surface area (Å²) in [4.78, 5) is 4.32. The van der Waals surface area contributed by atoms with Gasteiger partial charge in [0.2, 0.25) is 0 Å². The van der Waals surface area contributed by atoms with E-state index >= 15 is 0 Å². The van der Waals surface area contributed by atoms with E-state index in [0.29, 0.717) is 24.7 Å². The standard InChI is InChI=1S/C16H21N3O2/c1-4-20-12-6-7-15(21-5-2)14(8-12)19-16-9-13(17)11(3)10-18-16/h6-10H,4-5H2,1-3H3,(H3,17,18,19). The number of aryl methyl sites for hydroxylation is 1. The highest BCUT2D eigenvalue weighted by atomic mass is 16.5. The summed E-state index contributed by atoms with van der Waals surface area (Å²) in [5, 5.41) is 3.23. The quantitative estimate of drug-likeness (QED) is 0.850. The van der Waals surface area contributed by atoms with E-state index < -0.39 is 0 Å². The Kier molecular flexibility index (Phi) is 4.87. The molecule has 0 atom stereocenters. The molecule has 3 N–H and O–H groups in total. The molecule has 5 nitrogen and oxygen atoms in total. The maximum absolute atomic E-state index is 5.91. The summed E-state index contributed by atoms with van der Waals surface area (Å²) in [6.45, 7) is 7.02. The van der Waals surface area contributed by atoms with Gasteiger partial charge in [-0.15, -0.1) is 0 Å². The highest BCUT2D eigenvalue weighted by Crippen LogP contribution is 2.32. The lowest BCUT2D eigenvalue weighted by Gasteiger charge is -2.14. The van der Waals surface area contributed by atoms with Crippen LogP contribution >= 0.6 is 0 Å². The van der Waals surface area contributed by atoms with Crippen molar-refractivity contribution >= 4 is 17.2 Å². The van der Waals surface area contributed by atoms with Crippen LogP contribution < -0.4 is 20.5 Å². The molecule has 5 heteroatoms. The highest BCUT2D eigenvalue weighted by molar-refractivity contribution is 5.68. The second-order valence-corrected chi connectivity index (χ2v) is 4.58. The van der Waals surface area contributed by atoms with Gasteiger partial charge in [-0.25, -0.2) is 4.98 Å². The largest absolute Gasteiger partial charge is 0.494 e. The van der Waals surface area contributed by atoms with Gasteiger partial charge >= 0.3 is 0 Å². The zero-order chi connectivity index (χ0) is 15.2. The number of nitrogen functional groups attached to an aromatic ring is 1. The number of hydrogen-bond donors (Lipinski definition) is 2. The molecule has 2 aromatic rings. The van der Waals surface area contributed by atoms with E-state index in [2.05, 4.69) is 10.3 Å². The van der Waals surface area contributed by atoms with Crippen LogP contribution in [0.25, 0.3) is 0 Å². The number of nitrogens with two attached hydrogens (primary N) is 1. The van der Waals surface area contributed by atoms with E-state index in [4.69, 9.17) is 15.2 Å². The zero-order valence-electron chi connectivity index (χ0n) is 12.6. The minimum Gasteiger partial charge on any atom is -0.494 e. The summed E-state index contributed by atoms with van der Waals surface area (Å²) in [6, 6.07) is 7.47. The van der Waals surface area contributed by atoms with Gasteiger partial charge in [0, 0.05) is 24.0 Å². The smallest absolute Gasteiger partial charge is 0.143 e. The molecular weight excluding hydrogens is 266 g/mol. The van der Waals surface area contributed by atoms with Crippen molar-refractivity contribution < 1.29 is 9.47 Å². The van der Waals surface area contributed by atoms with Crippen molar-refractivity contribution in [3.05, 3.63) is 36.0 Å². The molecule has 0 fully saturated rings. The van der Waals surface area contributed by atoms with Crippen LogP contribution in [0, 0.1) is 6.92 Å². The molecule has 0 unspecified atom stereocenters. The molecule has 112 valence electrons. The molecule has 21 heavy (non-hydrogen) atoms. The summed E-state index contributed by atoms with van der Waals surface area (Å²) < 4.78 is 11.1. The molecule has 0 saturated heterocycles. The Morgan fingerprint density at radius 2 is 1.90 bits per heavy atom. The summed E-state index contributed by atoms with van der Waals surface area (Å²) in [5.74, 6) is 2.21. The van der Waals surface area contributed by atoms with E-state index in [-0.39, 0.29) is 0 Å². The van der Waals surface area contributed by atoms with E-state index in [1.165, 1.54) is 0 Å². The maximum Gasteiger partial charge on any atom is 0.143 e. The Balaban J connectivity index is 2.30. The molecule has 0 aliphatic rings. The summed E-state index contributed by atoms with van der Waals surface area (Å²) >= 11 is 0. The van der Waals surface area contributed by atoms with Crippen LogP contribution in [0.3, 0.4) is 0 Å². The summed E-state index contributed by atoms with van der Waals surface area (Å²) in [7, 11) is 0. The average molecular weight is 287 g/mol. The summed E-state index contributed by atoms with van der Waals surface area (Å²) in [5.41, 5.74) is 8.37. The normalized spacial score (nSPS) is 10.2. The van der Waals surface area contributed by atoms with Crippen molar-refractivity contribution in [1.29, 1.82) is 0 Å². The van der Waals surface area contributed by atoms with Crippen molar-refractivity contribution in [2.24, 2.45) is 0 Å². The lowest BCUT2D eigenvalue weighted by molar-refractivity contribution is 0.332. The van der Waals surface area contributed by atoms with Crippen LogP contribution in [0.5, 0.6) is 11.5 Å². The number of rotatable bonds is 6. The first-order valence-corrected chi connectivity index (χ1v) is 7.02. The molecule has 1 aromatic carbocycles. The molecular formula is C16H21N3O2. The Morgan fingerprint density at radius 3 is 2.57 bits per heavy atom. The number of ether oxygens (including phenoxy) is 2.